The van der Waals surface area contributed by atoms with E-state index in [1.165, 1.54) is 0 Å². The van der Waals surface area contributed by atoms with Gasteiger partial charge in [-0.25, -0.2) is 4.98 Å². The van der Waals surface area contributed by atoms with E-state index in [4.69, 9.17) is 14.5 Å². The molecule has 0 spiro atoms. The van der Waals surface area contributed by atoms with E-state index in [0.717, 1.165) is 67.1 Å². The topological polar surface area (TPSA) is 65.5 Å². The maximum absolute atomic E-state index is 5.52. The van der Waals surface area contributed by atoms with Gasteiger partial charge in [-0.2, -0.15) is 0 Å². The van der Waals surface area contributed by atoms with Crippen LogP contribution in [0.1, 0.15) is 18.1 Å². The number of nitrogens with zero attached hydrogens (tertiary/aromatic N) is 5. The molecule has 8 heteroatoms. The Morgan fingerprint density at radius 1 is 1.12 bits per heavy atom. The van der Waals surface area contributed by atoms with Gasteiger partial charge in [-0.15, -0.1) is 0 Å². The Labute approximate surface area is 191 Å². The van der Waals surface area contributed by atoms with Gasteiger partial charge >= 0.3 is 0 Å². The molecule has 1 aromatic heterocycles. The van der Waals surface area contributed by atoms with E-state index < -0.39 is 0 Å². The number of aliphatic imine (C=N–C) groups is 1. The molecule has 0 bridgehead atoms. The molecule has 174 valence electrons. The summed E-state index contributed by atoms with van der Waals surface area (Å²) in [5.41, 5.74) is 2.19. The quantitative estimate of drug-likeness (QED) is 0.500. The van der Waals surface area contributed by atoms with Gasteiger partial charge in [-0.05, 0) is 30.3 Å². The summed E-state index contributed by atoms with van der Waals surface area (Å²) in [7, 11) is 7.13. The average Bonchev–Trinajstić information content (AvgIpc) is 2.85. The molecule has 0 saturated carbocycles. The number of benzene rings is 1. The third-order valence-corrected chi connectivity index (χ3v) is 5.88. The van der Waals surface area contributed by atoms with Crippen molar-refractivity contribution < 1.29 is 9.47 Å². The van der Waals surface area contributed by atoms with E-state index in [1.807, 2.05) is 31.4 Å². The van der Waals surface area contributed by atoms with Crippen LogP contribution in [0.2, 0.25) is 0 Å². The van der Waals surface area contributed by atoms with Gasteiger partial charge in [-0.3, -0.25) is 4.99 Å². The van der Waals surface area contributed by atoms with Gasteiger partial charge in [0.25, 0.3) is 0 Å². The van der Waals surface area contributed by atoms with E-state index in [1.54, 1.807) is 21.3 Å². The Balaban J connectivity index is 1.55. The standard InChI is InChI=1S/C24H36N6O2/c1-6-29-11-13-30(14-12-29)23-10-7-19(16-26-23)17-27-24(25-2)28(3)18-20-8-9-21(31-4)15-22(20)32-5/h7-10,15-16H,6,11-14,17-18H2,1-5H3,(H,25,27). The van der Waals surface area contributed by atoms with Crippen LogP contribution in [0, 0.1) is 0 Å². The fourth-order valence-corrected chi connectivity index (χ4v) is 3.88. The molecule has 0 aliphatic carbocycles. The van der Waals surface area contributed by atoms with Gasteiger partial charge in [0.2, 0.25) is 0 Å². The number of ether oxygens (including phenoxy) is 2. The van der Waals surface area contributed by atoms with Crippen LogP contribution in [-0.2, 0) is 13.1 Å². The van der Waals surface area contributed by atoms with Crippen molar-refractivity contribution in [3.05, 3.63) is 47.7 Å². The van der Waals surface area contributed by atoms with Crippen molar-refractivity contribution in [1.82, 2.24) is 20.1 Å². The number of rotatable bonds is 8. The molecule has 1 aromatic carbocycles. The van der Waals surface area contributed by atoms with Crippen LogP contribution in [0.5, 0.6) is 11.5 Å². The Morgan fingerprint density at radius 2 is 1.91 bits per heavy atom. The fourth-order valence-electron chi connectivity index (χ4n) is 3.88. The Hall–Kier alpha value is -3.00. The van der Waals surface area contributed by atoms with E-state index >= 15 is 0 Å². The number of likely N-dealkylation sites (N-methyl/N-ethyl adjacent to an activating group) is 1. The predicted molar refractivity (Wildman–Crippen MR) is 130 cm³/mol. The molecular formula is C24H36N6O2. The van der Waals surface area contributed by atoms with Crippen LogP contribution < -0.4 is 19.7 Å². The summed E-state index contributed by atoms with van der Waals surface area (Å²) in [5, 5.41) is 3.43. The molecule has 1 fully saturated rings. The van der Waals surface area contributed by atoms with Crippen LogP contribution in [0.25, 0.3) is 0 Å². The molecule has 8 nitrogen and oxygen atoms in total. The van der Waals surface area contributed by atoms with Crippen LogP contribution in [-0.4, -0.2) is 81.8 Å². The van der Waals surface area contributed by atoms with E-state index in [0.29, 0.717) is 13.1 Å². The molecule has 0 atom stereocenters. The molecule has 2 heterocycles. The summed E-state index contributed by atoms with van der Waals surface area (Å²) < 4.78 is 10.8. The maximum Gasteiger partial charge on any atom is 0.193 e. The second kappa shape index (κ2) is 11.6. The normalized spacial score (nSPS) is 14.9. The summed E-state index contributed by atoms with van der Waals surface area (Å²) >= 11 is 0. The molecule has 0 unspecified atom stereocenters. The number of piperazine rings is 1. The lowest BCUT2D eigenvalue weighted by Crippen LogP contribution is -2.46. The first-order valence-electron chi connectivity index (χ1n) is 11.1. The number of nitrogens with one attached hydrogen (secondary N) is 1. The molecule has 1 saturated heterocycles. The zero-order valence-corrected chi connectivity index (χ0v) is 20.0. The number of pyridine rings is 1. The van der Waals surface area contributed by atoms with Crippen molar-refractivity contribution in [3.63, 3.8) is 0 Å². The second-order valence-electron chi connectivity index (χ2n) is 7.88. The largest absolute Gasteiger partial charge is 0.497 e. The summed E-state index contributed by atoms with van der Waals surface area (Å²) in [6.07, 6.45) is 1.95. The summed E-state index contributed by atoms with van der Waals surface area (Å²) in [6.45, 7) is 8.92. The minimum absolute atomic E-state index is 0.660. The summed E-state index contributed by atoms with van der Waals surface area (Å²) in [6, 6.07) is 10.1. The SMILES string of the molecule is CCN1CCN(c2ccc(CNC(=NC)N(C)Cc3ccc(OC)cc3OC)cn2)CC1. The van der Waals surface area contributed by atoms with Crippen molar-refractivity contribution in [3.8, 4) is 11.5 Å². The monoisotopic (exact) mass is 440 g/mol. The molecule has 32 heavy (non-hydrogen) atoms. The number of guanidine groups is 1. The first-order chi connectivity index (χ1) is 15.6. The Morgan fingerprint density at radius 3 is 2.50 bits per heavy atom. The van der Waals surface area contributed by atoms with Gasteiger partial charge in [0, 0.05) is 71.2 Å². The molecule has 1 N–H and O–H groups in total. The summed E-state index contributed by atoms with van der Waals surface area (Å²) in [4.78, 5) is 16.0. The highest BCUT2D eigenvalue weighted by atomic mass is 16.5. The van der Waals surface area contributed by atoms with Gasteiger partial charge in [0.05, 0.1) is 14.2 Å². The maximum atomic E-state index is 5.52. The van der Waals surface area contributed by atoms with Crippen molar-refractivity contribution in [1.29, 1.82) is 0 Å². The van der Waals surface area contributed by atoms with Gasteiger partial charge < -0.3 is 29.5 Å². The van der Waals surface area contributed by atoms with Crippen LogP contribution in [0.3, 0.4) is 0 Å². The highest BCUT2D eigenvalue weighted by Gasteiger charge is 2.16. The minimum Gasteiger partial charge on any atom is -0.497 e. The van der Waals surface area contributed by atoms with Gasteiger partial charge in [-0.1, -0.05) is 13.0 Å². The smallest absolute Gasteiger partial charge is 0.193 e. The number of methoxy groups -OCH3 is 2. The van der Waals surface area contributed by atoms with Crippen molar-refractivity contribution in [2.24, 2.45) is 4.99 Å². The average molecular weight is 441 g/mol. The van der Waals surface area contributed by atoms with Gasteiger partial charge in [0.1, 0.15) is 17.3 Å². The third kappa shape index (κ3) is 6.03. The molecule has 0 amide bonds. The van der Waals surface area contributed by atoms with Crippen molar-refractivity contribution in [2.45, 2.75) is 20.0 Å². The van der Waals surface area contributed by atoms with E-state index in [2.05, 4.69) is 44.1 Å². The van der Waals surface area contributed by atoms with Crippen LogP contribution in [0.15, 0.2) is 41.5 Å². The third-order valence-electron chi connectivity index (χ3n) is 5.88. The van der Waals surface area contributed by atoms with Crippen molar-refractivity contribution in [2.75, 3.05) is 65.9 Å². The van der Waals surface area contributed by atoms with E-state index in [-0.39, 0.29) is 0 Å². The van der Waals surface area contributed by atoms with Gasteiger partial charge in [0.15, 0.2) is 5.96 Å². The fraction of sp³-hybridized carbons (Fsp3) is 0.500. The molecule has 1 aliphatic heterocycles. The summed E-state index contributed by atoms with van der Waals surface area (Å²) in [5.74, 6) is 3.44. The molecule has 3 rings (SSSR count). The highest BCUT2D eigenvalue weighted by Crippen LogP contribution is 2.25. The predicted octanol–water partition coefficient (Wildman–Crippen LogP) is 2.45. The lowest BCUT2D eigenvalue weighted by Gasteiger charge is -2.34. The lowest BCUT2D eigenvalue weighted by molar-refractivity contribution is 0.270. The first-order valence-corrected chi connectivity index (χ1v) is 11.1. The second-order valence-corrected chi connectivity index (χ2v) is 7.88. The van der Waals surface area contributed by atoms with Crippen LogP contribution in [0.4, 0.5) is 5.82 Å². The van der Waals surface area contributed by atoms with E-state index in [9.17, 15) is 0 Å². The number of hydrogen-bond donors (Lipinski definition) is 1. The first kappa shape index (κ1) is 23.7. The molecule has 2 aromatic rings. The highest BCUT2D eigenvalue weighted by molar-refractivity contribution is 5.79. The Bertz CT molecular complexity index is 879. The number of anilines is 1. The number of aromatic nitrogens is 1. The molecular weight excluding hydrogens is 404 g/mol. The molecule has 0 radical (unpaired) electrons. The minimum atomic E-state index is 0.660. The lowest BCUT2D eigenvalue weighted by atomic mass is 10.2. The molecule has 1 aliphatic rings. The zero-order chi connectivity index (χ0) is 22.9. The Kier molecular flexibility index (Phi) is 8.56. The zero-order valence-electron chi connectivity index (χ0n) is 20.0. The van der Waals surface area contributed by atoms with Crippen molar-refractivity contribution >= 4 is 11.8 Å². The number of hydrogen-bond acceptors (Lipinski definition) is 6. The van der Waals surface area contributed by atoms with Crippen LogP contribution >= 0.6 is 0 Å².